The Labute approximate surface area is 501 Å². The molecule has 1 heterocycles. The molecule has 1 rings (SSSR count). The fourth-order valence-electron chi connectivity index (χ4n) is 11.6. The zero-order valence-electron chi connectivity index (χ0n) is 54.7. The Kier molecular flexibility index (Phi) is 52.7. The fraction of sp³-hybridized carbons (Fsp3) is 0.943. The van der Waals surface area contributed by atoms with E-state index in [9.17, 15) is 19.2 Å². The highest BCUT2D eigenvalue weighted by Crippen LogP contribution is 2.34. The molecule has 0 N–H and O–H groups in total. The first-order valence-electron chi connectivity index (χ1n) is 35.3. The van der Waals surface area contributed by atoms with E-state index in [0.29, 0.717) is 65.0 Å². The molecular weight excluding hydrogens is 1010 g/mol. The van der Waals surface area contributed by atoms with Crippen LogP contribution in [-0.2, 0) is 42.9 Å². The van der Waals surface area contributed by atoms with E-state index in [1.807, 2.05) is 19.0 Å². The van der Waals surface area contributed by atoms with Crippen molar-refractivity contribution in [2.24, 2.45) is 0 Å². The van der Waals surface area contributed by atoms with Gasteiger partial charge in [-0.3, -0.25) is 24.1 Å². The van der Waals surface area contributed by atoms with Gasteiger partial charge in [0.15, 0.2) is 0 Å². The van der Waals surface area contributed by atoms with Gasteiger partial charge in [-0.25, -0.2) is 0 Å². The lowest BCUT2D eigenvalue weighted by Gasteiger charge is -2.38. The average Bonchev–Trinajstić information content (AvgIpc) is 3.47. The van der Waals surface area contributed by atoms with E-state index in [1.54, 1.807) is 0 Å². The lowest BCUT2D eigenvalue weighted by atomic mass is 9.97. The zero-order valence-corrected chi connectivity index (χ0v) is 54.7. The molecule has 0 aromatic carbocycles. The molecule has 0 aromatic heterocycles. The Hall–Kier alpha value is -2.24. The van der Waals surface area contributed by atoms with Gasteiger partial charge >= 0.3 is 23.9 Å². The van der Waals surface area contributed by atoms with Crippen molar-refractivity contribution in [2.75, 3.05) is 46.9 Å². The molecule has 1 aliphatic heterocycles. The van der Waals surface area contributed by atoms with Gasteiger partial charge in [-0.2, -0.15) is 0 Å². The van der Waals surface area contributed by atoms with Crippen LogP contribution in [0.4, 0.5) is 0 Å². The first-order valence-corrected chi connectivity index (χ1v) is 35.3. The molecule has 1 saturated heterocycles. The molecule has 11 nitrogen and oxygen atoms in total. The van der Waals surface area contributed by atoms with Crippen molar-refractivity contribution in [3.05, 3.63) is 0 Å². The summed E-state index contributed by atoms with van der Waals surface area (Å²) in [7, 11) is 3.89. The maximum Gasteiger partial charge on any atom is 0.323 e. The summed E-state index contributed by atoms with van der Waals surface area (Å²) in [6, 6.07) is -0.381. The van der Waals surface area contributed by atoms with Gasteiger partial charge in [0.2, 0.25) is 5.79 Å². The number of carbonyl (C=O) groups excluding carboxylic acids is 4. The van der Waals surface area contributed by atoms with Crippen LogP contribution < -0.4 is 0 Å². The molecule has 0 spiro atoms. The number of piperidine rings is 1. The van der Waals surface area contributed by atoms with Gasteiger partial charge in [-0.05, 0) is 91.3 Å². The second-order valence-corrected chi connectivity index (χ2v) is 25.1. The van der Waals surface area contributed by atoms with Gasteiger partial charge in [0.25, 0.3) is 0 Å². The highest BCUT2D eigenvalue weighted by atomic mass is 16.7. The van der Waals surface area contributed by atoms with Crippen LogP contribution in [-0.4, -0.2) is 105 Å². The van der Waals surface area contributed by atoms with Crippen molar-refractivity contribution in [3.8, 4) is 0 Å². The Balaban J connectivity index is 2.84. The zero-order chi connectivity index (χ0) is 59.1. The van der Waals surface area contributed by atoms with E-state index in [0.717, 1.165) is 116 Å². The molecule has 0 bridgehead atoms. The summed E-state index contributed by atoms with van der Waals surface area (Å²) in [5.41, 5.74) is 0. The van der Waals surface area contributed by atoms with Crippen molar-refractivity contribution in [2.45, 2.75) is 380 Å². The van der Waals surface area contributed by atoms with Crippen LogP contribution in [0.2, 0.25) is 0 Å². The summed E-state index contributed by atoms with van der Waals surface area (Å²) in [6.07, 6.45) is 53.4. The third-order valence-electron chi connectivity index (χ3n) is 16.8. The van der Waals surface area contributed by atoms with E-state index in [1.165, 1.54) is 173 Å². The van der Waals surface area contributed by atoms with Crippen molar-refractivity contribution < 1.29 is 42.9 Å². The number of carbonyl (C=O) groups is 4. The monoisotopic (exact) mass is 1150 g/mol. The molecule has 0 saturated carbocycles. The van der Waals surface area contributed by atoms with Gasteiger partial charge < -0.3 is 28.6 Å². The predicted molar refractivity (Wildman–Crippen MR) is 339 cm³/mol. The van der Waals surface area contributed by atoms with E-state index in [4.69, 9.17) is 23.7 Å². The molecule has 0 aliphatic carbocycles. The Morgan fingerprint density at radius 1 is 0.444 bits per heavy atom. The topological polar surface area (TPSA) is 121 Å². The number of hydrogen-bond donors (Lipinski definition) is 0. The number of likely N-dealkylation sites (tertiary alicyclic amines) is 1. The van der Waals surface area contributed by atoms with Crippen molar-refractivity contribution in [1.82, 2.24) is 9.80 Å². The molecule has 478 valence electrons. The quantitative estimate of drug-likeness (QED) is 0.0250. The number of rotatable bonds is 60. The smallest absolute Gasteiger partial charge is 0.323 e. The van der Waals surface area contributed by atoms with E-state index < -0.39 is 5.79 Å². The summed E-state index contributed by atoms with van der Waals surface area (Å²) >= 11 is 0. The van der Waals surface area contributed by atoms with Gasteiger partial charge in [-0.1, -0.05) is 253 Å². The first kappa shape index (κ1) is 76.8. The van der Waals surface area contributed by atoms with Crippen LogP contribution in [0.15, 0.2) is 0 Å². The SMILES string of the molecule is CCCCCCCCCCCOC(=O)CCCCCN1C[C@H](OC(=O)CCN(C)C)CC[C@H]1C(=O)OCCCCCCCC(=O)OC(CCCCCCCC)(CCCCCCCC)OC(CCCCCCCC)CCCCCCCC. The third kappa shape index (κ3) is 45.8. The average molecular weight is 1150 g/mol. The minimum atomic E-state index is -0.849. The molecular formula is C70H134N2O9. The standard InChI is InChI=1S/C70H134N2O9/c1-8-13-18-23-28-29-30-37-47-60-77-66(73)51-43-39-46-58-72-62-64(79-67(74)55-59-71(6)7)53-54-65(72)69(76)78-61-48-38-31-34-42-52-68(75)81-70(56-44-35-26-21-16-11-4,57-45-36-27-22-17-12-5)80-63(49-40-32-24-19-14-9-2)50-41-33-25-20-15-10-3/h63-65H,8-62H2,1-7H3/t64-,65+/m1/s1. The molecule has 0 amide bonds. The van der Waals surface area contributed by atoms with Gasteiger partial charge in [-0.15, -0.1) is 0 Å². The van der Waals surface area contributed by atoms with Gasteiger partial charge in [0.1, 0.15) is 12.1 Å². The number of hydrogen-bond acceptors (Lipinski definition) is 11. The summed E-state index contributed by atoms with van der Waals surface area (Å²) in [5, 5.41) is 0. The molecule has 0 unspecified atom stereocenters. The van der Waals surface area contributed by atoms with Crippen LogP contribution in [0.5, 0.6) is 0 Å². The summed E-state index contributed by atoms with van der Waals surface area (Å²) in [4.78, 5) is 57.0. The van der Waals surface area contributed by atoms with Crippen molar-refractivity contribution in [1.29, 1.82) is 0 Å². The van der Waals surface area contributed by atoms with E-state index >= 15 is 0 Å². The summed E-state index contributed by atoms with van der Waals surface area (Å²) in [5.74, 6) is -1.49. The van der Waals surface area contributed by atoms with Crippen LogP contribution >= 0.6 is 0 Å². The molecule has 81 heavy (non-hydrogen) atoms. The number of ether oxygens (including phenoxy) is 5. The van der Waals surface area contributed by atoms with Gasteiger partial charge in [0, 0.05) is 38.8 Å². The lowest BCUT2D eigenvalue weighted by molar-refractivity contribution is -0.259. The largest absolute Gasteiger partial charge is 0.466 e. The lowest BCUT2D eigenvalue weighted by Crippen LogP contribution is -2.51. The van der Waals surface area contributed by atoms with Crippen molar-refractivity contribution in [3.63, 3.8) is 0 Å². The molecule has 0 radical (unpaired) electrons. The van der Waals surface area contributed by atoms with Crippen molar-refractivity contribution >= 4 is 23.9 Å². The number of unbranched alkanes of at least 4 members (excludes halogenated alkanes) is 34. The number of esters is 4. The second kappa shape index (κ2) is 55.6. The maximum atomic E-state index is 14.0. The normalized spacial score (nSPS) is 15.0. The number of nitrogens with zero attached hydrogens (tertiary/aromatic N) is 2. The van der Waals surface area contributed by atoms with Crippen LogP contribution in [0.25, 0.3) is 0 Å². The van der Waals surface area contributed by atoms with Gasteiger partial charge in [0.05, 0.1) is 25.7 Å². The Bertz CT molecular complexity index is 1410. The van der Waals surface area contributed by atoms with E-state index in [-0.39, 0.29) is 42.1 Å². The Morgan fingerprint density at radius 3 is 1.33 bits per heavy atom. The molecule has 2 atom stereocenters. The fourth-order valence-corrected chi connectivity index (χ4v) is 11.6. The van der Waals surface area contributed by atoms with Crippen LogP contribution in [0.1, 0.15) is 356 Å². The van der Waals surface area contributed by atoms with E-state index in [2.05, 4.69) is 39.5 Å². The first-order chi connectivity index (χ1) is 39.5. The minimum Gasteiger partial charge on any atom is -0.466 e. The predicted octanol–water partition coefficient (Wildman–Crippen LogP) is 19.5. The molecule has 11 heteroatoms. The Morgan fingerprint density at radius 2 is 0.852 bits per heavy atom. The highest BCUT2D eigenvalue weighted by Gasteiger charge is 2.38. The summed E-state index contributed by atoms with van der Waals surface area (Å²) < 4.78 is 31.5. The van der Waals surface area contributed by atoms with Crippen LogP contribution in [0.3, 0.4) is 0 Å². The third-order valence-corrected chi connectivity index (χ3v) is 16.8. The molecule has 1 fully saturated rings. The minimum absolute atomic E-state index is 0.108. The molecule has 1 aliphatic rings. The summed E-state index contributed by atoms with van der Waals surface area (Å²) in [6.45, 7) is 14.0. The highest BCUT2D eigenvalue weighted by molar-refractivity contribution is 5.76. The van der Waals surface area contributed by atoms with Crippen LogP contribution in [0, 0.1) is 0 Å². The second-order valence-electron chi connectivity index (χ2n) is 25.1. The maximum absolute atomic E-state index is 14.0. The molecule has 0 aromatic rings.